The Bertz CT molecular complexity index is 704. The van der Waals surface area contributed by atoms with E-state index >= 15 is 0 Å². The van der Waals surface area contributed by atoms with Gasteiger partial charge in [0.2, 0.25) is 6.41 Å². The van der Waals surface area contributed by atoms with Crippen LogP contribution in [0.25, 0.3) is 10.9 Å². The first-order valence-electron chi connectivity index (χ1n) is 8.24. The molecule has 0 unspecified atom stereocenters. The number of hydrogen-bond donors (Lipinski definition) is 0. The SMILES string of the molecule is CC(C)n1ncc2ccc(CC3CC4(C3)CN(C=O)C4)cc21. The average molecular weight is 297 g/mol. The van der Waals surface area contributed by atoms with Crippen LogP contribution in [0.3, 0.4) is 0 Å². The van der Waals surface area contributed by atoms with E-state index in [-0.39, 0.29) is 0 Å². The summed E-state index contributed by atoms with van der Waals surface area (Å²) in [4.78, 5) is 12.6. The van der Waals surface area contributed by atoms with E-state index in [4.69, 9.17) is 0 Å². The Morgan fingerprint density at radius 1 is 1.36 bits per heavy atom. The maximum atomic E-state index is 10.7. The van der Waals surface area contributed by atoms with Gasteiger partial charge in [-0.05, 0) is 50.7 Å². The summed E-state index contributed by atoms with van der Waals surface area (Å²) in [5, 5.41) is 5.72. The summed E-state index contributed by atoms with van der Waals surface area (Å²) in [6.45, 7) is 6.30. The molecule has 116 valence electrons. The van der Waals surface area contributed by atoms with Crippen molar-refractivity contribution in [3.63, 3.8) is 0 Å². The van der Waals surface area contributed by atoms with Gasteiger partial charge in [0, 0.05) is 29.9 Å². The molecule has 1 saturated heterocycles. The minimum Gasteiger partial charge on any atom is -0.344 e. The minimum atomic E-state index is 0.393. The van der Waals surface area contributed by atoms with Gasteiger partial charge in [0.25, 0.3) is 0 Å². The molecule has 0 atom stereocenters. The number of rotatable bonds is 4. The number of fused-ring (bicyclic) bond motifs is 1. The number of aromatic nitrogens is 2. The third-order valence-electron chi connectivity index (χ3n) is 5.35. The molecular formula is C18H23N3O. The van der Waals surface area contributed by atoms with Crippen LogP contribution in [-0.2, 0) is 11.2 Å². The molecule has 2 aliphatic rings. The van der Waals surface area contributed by atoms with Gasteiger partial charge in [-0.1, -0.05) is 12.1 Å². The maximum Gasteiger partial charge on any atom is 0.209 e. The van der Waals surface area contributed by atoms with Crippen LogP contribution in [0.5, 0.6) is 0 Å². The Labute approximate surface area is 131 Å². The van der Waals surface area contributed by atoms with Crippen LogP contribution in [0.1, 0.15) is 38.3 Å². The van der Waals surface area contributed by atoms with Gasteiger partial charge in [0.1, 0.15) is 0 Å². The number of amides is 1. The molecule has 0 radical (unpaired) electrons. The predicted molar refractivity (Wildman–Crippen MR) is 86.6 cm³/mol. The molecule has 0 bridgehead atoms. The fourth-order valence-electron chi connectivity index (χ4n) is 4.41. The summed E-state index contributed by atoms with van der Waals surface area (Å²) in [7, 11) is 0. The number of carbonyl (C=O) groups is 1. The highest BCUT2D eigenvalue weighted by atomic mass is 16.1. The molecule has 22 heavy (non-hydrogen) atoms. The fourth-order valence-corrected chi connectivity index (χ4v) is 4.41. The average Bonchev–Trinajstić information content (AvgIpc) is 2.83. The fraction of sp³-hybridized carbons (Fsp3) is 0.556. The van der Waals surface area contributed by atoms with Crippen molar-refractivity contribution < 1.29 is 4.79 Å². The van der Waals surface area contributed by atoms with E-state index in [1.54, 1.807) is 0 Å². The first-order chi connectivity index (χ1) is 10.6. The Morgan fingerprint density at radius 3 is 2.82 bits per heavy atom. The van der Waals surface area contributed by atoms with Crippen molar-refractivity contribution in [2.45, 2.75) is 39.2 Å². The molecule has 1 aliphatic carbocycles. The van der Waals surface area contributed by atoms with Crippen molar-refractivity contribution in [1.82, 2.24) is 14.7 Å². The monoisotopic (exact) mass is 297 g/mol. The summed E-state index contributed by atoms with van der Waals surface area (Å²) in [5.74, 6) is 0.779. The van der Waals surface area contributed by atoms with Crippen molar-refractivity contribution in [2.24, 2.45) is 11.3 Å². The van der Waals surface area contributed by atoms with Gasteiger partial charge in [0.05, 0.1) is 11.7 Å². The van der Waals surface area contributed by atoms with Gasteiger partial charge in [-0.25, -0.2) is 0 Å². The van der Waals surface area contributed by atoms with E-state index in [0.29, 0.717) is 11.5 Å². The topological polar surface area (TPSA) is 38.1 Å². The summed E-state index contributed by atoms with van der Waals surface area (Å²) < 4.78 is 2.11. The zero-order valence-corrected chi connectivity index (χ0v) is 13.3. The number of nitrogens with zero attached hydrogens (tertiary/aromatic N) is 3. The van der Waals surface area contributed by atoms with Crippen molar-refractivity contribution in [2.75, 3.05) is 13.1 Å². The molecule has 1 aromatic carbocycles. The molecule has 2 fully saturated rings. The number of carbonyl (C=O) groups excluding carboxylic acids is 1. The van der Waals surface area contributed by atoms with Gasteiger partial charge in [-0.3, -0.25) is 9.48 Å². The van der Waals surface area contributed by atoms with Gasteiger partial charge in [-0.15, -0.1) is 0 Å². The second kappa shape index (κ2) is 4.83. The van der Waals surface area contributed by atoms with E-state index in [1.807, 2.05) is 11.1 Å². The van der Waals surface area contributed by atoms with E-state index in [2.05, 4.69) is 41.8 Å². The molecular weight excluding hydrogens is 274 g/mol. The number of benzene rings is 1. The lowest BCUT2D eigenvalue weighted by molar-refractivity contribution is -0.141. The zero-order chi connectivity index (χ0) is 15.3. The second-order valence-electron chi connectivity index (χ2n) is 7.56. The molecule has 4 heteroatoms. The first-order valence-corrected chi connectivity index (χ1v) is 8.24. The predicted octanol–water partition coefficient (Wildman–Crippen LogP) is 3.03. The first kappa shape index (κ1) is 13.8. The number of hydrogen-bond acceptors (Lipinski definition) is 2. The molecule has 4 rings (SSSR count). The van der Waals surface area contributed by atoms with Crippen LogP contribution in [0.15, 0.2) is 24.4 Å². The highest BCUT2D eigenvalue weighted by molar-refractivity contribution is 5.79. The van der Waals surface area contributed by atoms with Crippen LogP contribution < -0.4 is 0 Å². The Kier molecular flexibility index (Phi) is 3.03. The van der Waals surface area contributed by atoms with Crippen molar-refractivity contribution in [3.05, 3.63) is 30.0 Å². The third-order valence-corrected chi connectivity index (χ3v) is 5.35. The Morgan fingerprint density at radius 2 is 2.14 bits per heavy atom. The van der Waals surface area contributed by atoms with Crippen LogP contribution in [-0.4, -0.2) is 34.2 Å². The Balaban J connectivity index is 1.45. The highest BCUT2D eigenvalue weighted by Crippen LogP contribution is 2.52. The van der Waals surface area contributed by atoms with E-state index < -0.39 is 0 Å². The lowest BCUT2D eigenvalue weighted by Crippen LogP contribution is -2.61. The lowest BCUT2D eigenvalue weighted by atomic mass is 9.56. The molecule has 2 heterocycles. The molecule has 1 amide bonds. The van der Waals surface area contributed by atoms with Crippen LogP contribution in [0, 0.1) is 11.3 Å². The van der Waals surface area contributed by atoms with Crippen molar-refractivity contribution in [1.29, 1.82) is 0 Å². The summed E-state index contributed by atoms with van der Waals surface area (Å²) >= 11 is 0. The molecule has 1 saturated carbocycles. The normalized spacial score (nSPS) is 20.4. The summed E-state index contributed by atoms with van der Waals surface area (Å²) in [6, 6.07) is 7.15. The van der Waals surface area contributed by atoms with E-state index in [1.165, 1.54) is 29.3 Å². The molecule has 4 nitrogen and oxygen atoms in total. The second-order valence-corrected chi connectivity index (χ2v) is 7.56. The van der Waals surface area contributed by atoms with Gasteiger partial charge in [0.15, 0.2) is 0 Å². The highest BCUT2D eigenvalue weighted by Gasteiger charge is 2.51. The lowest BCUT2D eigenvalue weighted by Gasteiger charge is -2.58. The molecule has 1 aliphatic heterocycles. The van der Waals surface area contributed by atoms with Gasteiger partial charge >= 0.3 is 0 Å². The Hall–Kier alpha value is -1.84. The van der Waals surface area contributed by atoms with Crippen LogP contribution >= 0.6 is 0 Å². The van der Waals surface area contributed by atoms with E-state index in [9.17, 15) is 4.79 Å². The van der Waals surface area contributed by atoms with Gasteiger partial charge < -0.3 is 4.90 Å². The van der Waals surface area contributed by atoms with Crippen molar-refractivity contribution in [3.8, 4) is 0 Å². The summed E-state index contributed by atoms with van der Waals surface area (Å²) in [6.07, 6.45) is 6.65. The molecule has 2 aromatic rings. The molecule has 0 N–H and O–H groups in total. The minimum absolute atomic E-state index is 0.393. The van der Waals surface area contributed by atoms with Crippen molar-refractivity contribution >= 4 is 17.3 Å². The van der Waals surface area contributed by atoms with Gasteiger partial charge in [-0.2, -0.15) is 5.10 Å². The van der Waals surface area contributed by atoms with E-state index in [0.717, 1.165) is 31.8 Å². The van der Waals surface area contributed by atoms with Crippen LogP contribution in [0.2, 0.25) is 0 Å². The quantitative estimate of drug-likeness (QED) is 0.814. The molecule has 1 spiro atoms. The zero-order valence-electron chi connectivity index (χ0n) is 13.3. The molecule has 1 aromatic heterocycles. The summed E-state index contributed by atoms with van der Waals surface area (Å²) in [5.41, 5.74) is 3.13. The third kappa shape index (κ3) is 2.13. The largest absolute Gasteiger partial charge is 0.344 e. The maximum absolute atomic E-state index is 10.7. The smallest absolute Gasteiger partial charge is 0.209 e. The number of likely N-dealkylation sites (tertiary alicyclic amines) is 1. The van der Waals surface area contributed by atoms with Crippen LogP contribution in [0.4, 0.5) is 0 Å². The standard InChI is InChI=1S/C18H23N3O/c1-13(2)21-17-6-14(3-4-16(17)9-19-21)5-15-7-18(8-15)10-20(11-18)12-22/h3-4,6,9,12-13,15H,5,7-8,10-11H2,1-2H3.